The van der Waals surface area contributed by atoms with Gasteiger partial charge in [-0.2, -0.15) is 0 Å². The van der Waals surface area contributed by atoms with Gasteiger partial charge in [0.05, 0.1) is 0 Å². The third-order valence-electron chi connectivity index (χ3n) is 14.0. The van der Waals surface area contributed by atoms with Gasteiger partial charge in [0.25, 0.3) is 0 Å². The van der Waals surface area contributed by atoms with Gasteiger partial charge in [-0.05, 0) is 67.2 Å². The number of ether oxygens (including phenoxy) is 1. The van der Waals surface area contributed by atoms with Crippen molar-refractivity contribution in [1.29, 1.82) is 0 Å². The average molecular weight is 751 g/mol. The molecular formula is C38H72BN6O6P. The van der Waals surface area contributed by atoms with Gasteiger partial charge in [-0.15, -0.1) is 0 Å². The maximum absolute atomic E-state index is 12.9. The predicted octanol–water partition coefficient (Wildman–Crippen LogP) is 6.06. The van der Waals surface area contributed by atoms with Crippen LogP contribution in [0.25, 0.3) is 11.2 Å². The van der Waals surface area contributed by atoms with Gasteiger partial charge in [0, 0.05) is 5.54 Å². The summed E-state index contributed by atoms with van der Waals surface area (Å²) in [6, 6.07) is 0. The molecule has 298 valence electrons. The van der Waals surface area contributed by atoms with Crippen LogP contribution in [0.5, 0.6) is 0 Å². The van der Waals surface area contributed by atoms with Gasteiger partial charge in [-0.25, -0.2) is 0 Å². The van der Waals surface area contributed by atoms with Crippen LogP contribution in [0.3, 0.4) is 0 Å². The van der Waals surface area contributed by atoms with Crippen molar-refractivity contribution in [2.75, 3.05) is 25.0 Å². The van der Waals surface area contributed by atoms with Crippen molar-refractivity contribution in [2.45, 2.75) is 145 Å². The quantitative estimate of drug-likeness (QED) is 0.0613. The van der Waals surface area contributed by atoms with Crippen LogP contribution in [0.4, 0.5) is 5.95 Å². The number of aliphatic hydroxyl groups is 1. The summed E-state index contributed by atoms with van der Waals surface area (Å²) in [4.78, 5) is 34.8. The SMILES string of the molecule is B[PH]1(O)OC[C@H]2O[C@@H](n3cnc4c(=O)[nH]c(NCCCCCCNC(C)(C(C)C(C)C(C)C(C)CC)C(C)C(C)C(C)C(C)CC)nc43)[C@@H](O)[C@H]2O1. The number of rotatable bonds is 20. The molecule has 2 aromatic heterocycles. The Bertz CT molecular complexity index is 1450. The first-order valence-electron chi connectivity index (χ1n) is 20.3. The molecule has 0 bridgehead atoms. The summed E-state index contributed by atoms with van der Waals surface area (Å²) in [5, 5.41) is 18.4. The van der Waals surface area contributed by atoms with E-state index in [4.69, 9.17) is 13.8 Å². The summed E-state index contributed by atoms with van der Waals surface area (Å²) in [5.41, 5.74) is 0.124. The second kappa shape index (κ2) is 18.4. The van der Waals surface area contributed by atoms with Gasteiger partial charge in [0.2, 0.25) is 0 Å². The standard InChI is InChI=1S/C38H72BN6O6P/c1-12-22(3)24(5)26(7)28(9)38(11,29(10)27(8)25(6)23(4)13-2)42-19-17-15-14-16-18-40-37-43-34-31(35(47)44-37)41-21-45(34)36-32(46)33-30(50-36)20-49-52(39,48)51-33/h21-30,32-33,36,42,46,48,52H,12-20,39H2,1-11H3,(H2,40,43,44,47)/t22?,23?,24?,25?,26?,27?,28?,29?,30-,32+,33+,36-,38?/m1/s1. The number of imidazole rings is 1. The van der Waals surface area contributed by atoms with Crippen molar-refractivity contribution >= 4 is 32.5 Å². The Labute approximate surface area is 314 Å². The molecule has 2 aromatic rings. The molecule has 4 rings (SSSR count). The topological polar surface area (TPSA) is 156 Å². The molecule has 2 aliphatic heterocycles. The first-order valence-corrected chi connectivity index (χ1v) is 22.6. The maximum atomic E-state index is 12.9. The fraction of sp³-hybridized carbons (Fsp3) is 0.868. The summed E-state index contributed by atoms with van der Waals surface area (Å²) in [5.74, 6) is 5.43. The zero-order chi connectivity index (χ0) is 38.5. The Morgan fingerprint density at radius 1 is 0.981 bits per heavy atom. The molecular weight excluding hydrogens is 678 g/mol. The van der Waals surface area contributed by atoms with E-state index < -0.39 is 32.4 Å². The van der Waals surface area contributed by atoms with Crippen LogP contribution in [0, 0.1) is 47.3 Å². The number of aromatic nitrogens is 4. The van der Waals surface area contributed by atoms with E-state index >= 15 is 0 Å². The monoisotopic (exact) mass is 751 g/mol. The third-order valence-corrected chi connectivity index (χ3v) is 15.4. The van der Waals surface area contributed by atoms with Crippen molar-refractivity contribution in [3.63, 3.8) is 0 Å². The fourth-order valence-corrected chi connectivity index (χ4v) is 9.97. The Morgan fingerprint density at radius 2 is 1.56 bits per heavy atom. The molecule has 0 aliphatic carbocycles. The van der Waals surface area contributed by atoms with Gasteiger partial charge < -0.3 is 5.32 Å². The molecule has 4 heterocycles. The van der Waals surface area contributed by atoms with Crippen LogP contribution < -0.4 is 16.2 Å². The van der Waals surface area contributed by atoms with Crippen molar-refractivity contribution in [3.05, 3.63) is 16.7 Å². The number of aromatic amines is 1. The Kier molecular flexibility index (Phi) is 15.2. The number of hydrogen-bond acceptors (Lipinski definition) is 10. The summed E-state index contributed by atoms with van der Waals surface area (Å²) < 4.78 is 18.6. The van der Waals surface area contributed by atoms with Crippen LogP contribution in [0.2, 0.25) is 0 Å². The van der Waals surface area contributed by atoms with E-state index in [0.29, 0.717) is 65.5 Å². The minimum atomic E-state index is -3.33. The molecule has 5 N–H and O–H groups in total. The zero-order valence-corrected chi connectivity index (χ0v) is 35.2. The summed E-state index contributed by atoms with van der Waals surface area (Å²) in [6.07, 6.45) is 4.84. The van der Waals surface area contributed by atoms with Gasteiger partial charge in [0.1, 0.15) is 0 Å². The molecule has 2 fully saturated rings. The molecule has 0 spiro atoms. The molecule has 0 aromatic carbocycles. The van der Waals surface area contributed by atoms with Crippen LogP contribution in [-0.2, 0) is 13.8 Å². The van der Waals surface area contributed by atoms with Gasteiger partial charge >= 0.3 is 148 Å². The Balaban J connectivity index is 1.31. The average Bonchev–Trinajstić information content (AvgIpc) is 3.69. The Morgan fingerprint density at radius 3 is 2.13 bits per heavy atom. The van der Waals surface area contributed by atoms with Crippen molar-refractivity contribution < 1.29 is 23.8 Å². The third kappa shape index (κ3) is 9.61. The normalized spacial score (nSPS) is 28.2. The van der Waals surface area contributed by atoms with E-state index in [9.17, 15) is 14.8 Å². The minimum absolute atomic E-state index is 0.0338. The number of hydrogen-bond donors (Lipinski definition) is 5. The van der Waals surface area contributed by atoms with E-state index in [0.717, 1.165) is 32.2 Å². The number of nitrogens with zero attached hydrogens (tertiary/aromatic N) is 3. The van der Waals surface area contributed by atoms with E-state index in [2.05, 4.69) is 102 Å². The van der Waals surface area contributed by atoms with E-state index in [1.54, 1.807) is 4.57 Å². The second-order valence-electron chi connectivity index (χ2n) is 16.9. The number of fused-ring (bicyclic) bond motifs is 2. The van der Waals surface area contributed by atoms with Gasteiger partial charge in [-0.3, -0.25) is 0 Å². The molecule has 0 radical (unpaired) electrons. The number of H-pyrrole nitrogens is 1. The summed E-state index contributed by atoms with van der Waals surface area (Å²) in [6.45, 7) is 28.6. The van der Waals surface area contributed by atoms with Crippen LogP contribution in [0.15, 0.2) is 11.1 Å². The molecule has 2 aliphatic rings. The van der Waals surface area contributed by atoms with Crippen molar-refractivity contribution in [2.24, 2.45) is 47.3 Å². The Hall–Kier alpha value is -1.60. The second-order valence-corrected chi connectivity index (χ2v) is 19.2. The molecule has 0 amide bonds. The number of anilines is 1. The molecule has 2 saturated heterocycles. The van der Waals surface area contributed by atoms with Gasteiger partial charge in [-0.1, -0.05) is 88.5 Å². The summed E-state index contributed by atoms with van der Waals surface area (Å²) in [7, 11) is -1.82. The van der Waals surface area contributed by atoms with Crippen molar-refractivity contribution in [3.8, 4) is 0 Å². The molecule has 14 heteroatoms. The van der Waals surface area contributed by atoms with Crippen molar-refractivity contribution in [1.82, 2.24) is 24.8 Å². The number of unbranched alkanes of at least 4 members (excludes halogenated alkanes) is 3. The first-order chi connectivity index (χ1) is 24.5. The molecule has 12 nitrogen and oxygen atoms in total. The molecule has 0 saturated carbocycles. The van der Waals surface area contributed by atoms with Crippen LogP contribution in [0.1, 0.15) is 121 Å². The van der Waals surface area contributed by atoms with Crippen LogP contribution in [-0.4, -0.2) is 80.6 Å². The predicted molar refractivity (Wildman–Crippen MR) is 215 cm³/mol. The summed E-state index contributed by atoms with van der Waals surface area (Å²) >= 11 is 0. The first kappa shape index (κ1) is 43.1. The van der Waals surface area contributed by atoms with E-state index in [-0.39, 0.29) is 23.2 Å². The van der Waals surface area contributed by atoms with Gasteiger partial charge in [0.15, 0.2) is 0 Å². The fourth-order valence-electron chi connectivity index (χ4n) is 8.64. The van der Waals surface area contributed by atoms with Crippen LogP contribution >= 0.6 is 7.82 Å². The number of aliphatic hydroxyl groups excluding tert-OH is 1. The molecule has 8 unspecified atom stereocenters. The number of nitrogens with one attached hydrogen (secondary N) is 3. The molecule has 52 heavy (non-hydrogen) atoms. The zero-order valence-electron chi connectivity index (χ0n) is 34.2. The van der Waals surface area contributed by atoms with E-state index in [1.165, 1.54) is 26.7 Å². The molecule has 12 atom stereocenters. The van der Waals surface area contributed by atoms with E-state index in [1.807, 2.05) is 0 Å².